The van der Waals surface area contributed by atoms with Crippen molar-refractivity contribution >= 4 is 40.6 Å². The lowest BCUT2D eigenvalue weighted by Crippen LogP contribution is -2.52. The van der Waals surface area contributed by atoms with Gasteiger partial charge < -0.3 is 14.7 Å². The summed E-state index contributed by atoms with van der Waals surface area (Å²) in [7, 11) is 5.64. The van der Waals surface area contributed by atoms with Gasteiger partial charge >= 0.3 is 6.18 Å². The molecule has 12 heteroatoms. The van der Waals surface area contributed by atoms with Crippen LogP contribution in [-0.4, -0.2) is 92.5 Å². The van der Waals surface area contributed by atoms with Crippen LogP contribution < -0.4 is 14.7 Å². The Hall–Kier alpha value is -2.89. The molecule has 40 heavy (non-hydrogen) atoms. The maximum atomic E-state index is 13.8. The second kappa shape index (κ2) is 11.9. The molecule has 2 aliphatic heterocycles. The summed E-state index contributed by atoms with van der Waals surface area (Å²) in [6.07, 6.45) is -4.40. The zero-order valence-electron chi connectivity index (χ0n) is 23.5. The second-order valence-corrected chi connectivity index (χ2v) is 11.2. The first-order chi connectivity index (χ1) is 18.8. The Morgan fingerprint density at radius 3 is 2.60 bits per heavy atom. The molecule has 218 valence electrons. The number of halogens is 4. The number of rotatable bonds is 7. The first-order valence-electron chi connectivity index (χ1n) is 13.4. The molecular formula is C28H36ClF3N6O2. The lowest BCUT2D eigenvalue weighted by molar-refractivity contribution is -0.137. The number of piperazine rings is 1. The minimum Gasteiger partial charge on any atom is -0.370 e. The number of carbonyl (C=O) groups excluding carboxylic acids is 2. The highest BCUT2D eigenvalue weighted by molar-refractivity contribution is 6.34. The van der Waals surface area contributed by atoms with Crippen molar-refractivity contribution in [3.05, 3.63) is 46.6 Å². The van der Waals surface area contributed by atoms with Gasteiger partial charge in [-0.15, -0.1) is 0 Å². The maximum Gasteiger partial charge on any atom is 0.416 e. The van der Waals surface area contributed by atoms with Gasteiger partial charge in [-0.05, 0) is 51.6 Å². The van der Waals surface area contributed by atoms with Crippen molar-refractivity contribution in [1.29, 1.82) is 0 Å². The molecule has 0 saturated carbocycles. The molecule has 0 radical (unpaired) electrons. The van der Waals surface area contributed by atoms with E-state index in [1.165, 1.54) is 11.8 Å². The number of likely N-dealkylation sites (N-methyl/N-ethyl adjacent to an activating group) is 3. The fourth-order valence-corrected chi connectivity index (χ4v) is 5.85. The van der Waals surface area contributed by atoms with Gasteiger partial charge in [0.25, 0.3) is 0 Å². The molecule has 0 bridgehead atoms. The number of amides is 2. The molecule has 0 aliphatic carbocycles. The summed E-state index contributed by atoms with van der Waals surface area (Å²) >= 11 is 6.65. The summed E-state index contributed by atoms with van der Waals surface area (Å²) < 4.78 is 40.5. The number of carbonyl (C=O) groups is 2. The van der Waals surface area contributed by atoms with Crippen molar-refractivity contribution in [3.8, 4) is 0 Å². The normalized spacial score (nSPS) is 20.7. The second-order valence-electron chi connectivity index (χ2n) is 10.7. The smallest absolute Gasteiger partial charge is 0.370 e. The van der Waals surface area contributed by atoms with Gasteiger partial charge in [0.15, 0.2) is 0 Å². The number of pyridine rings is 1. The molecule has 2 amide bonds. The molecule has 0 N–H and O–H groups in total. The SMILES string of the molecule is Cc1cc(C(F)(F)F)cc(N2C(=O)CC[C@H]2C(=O)N(C)c2cccc(Cl)c2N(C)CCN2CCN(C)C[C@@H]2C)n1. The van der Waals surface area contributed by atoms with E-state index in [0.717, 1.165) is 43.2 Å². The number of alkyl halides is 3. The fraction of sp³-hybridized carbons (Fsp3) is 0.536. The van der Waals surface area contributed by atoms with Crippen molar-refractivity contribution in [1.82, 2.24) is 14.8 Å². The van der Waals surface area contributed by atoms with Crippen LogP contribution in [0.3, 0.4) is 0 Å². The minimum atomic E-state index is -4.61. The first-order valence-corrected chi connectivity index (χ1v) is 13.7. The number of aromatic nitrogens is 1. The molecule has 0 spiro atoms. The number of hydrogen-bond donors (Lipinski definition) is 0. The Balaban J connectivity index is 1.57. The monoisotopic (exact) mass is 580 g/mol. The Bertz CT molecular complexity index is 1260. The van der Waals surface area contributed by atoms with Crippen LogP contribution in [0.5, 0.6) is 0 Å². The quantitative estimate of drug-likeness (QED) is 0.487. The van der Waals surface area contributed by atoms with Crippen molar-refractivity contribution < 1.29 is 22.8 Å². The van der Waals surface area contributed by atoms with E-state index >= 15 is 0 Å². The summed E-state index contributed by atoms with van der Waals surface area (Å²) in [5, 5.41) is 0.473. The van der Waals surface area contributed by atoms with Crippen LogP contribution in [0.25, 0.3) is 0 Å². The molecule has 2 atom stereocenters. The molecule has 2 aromatic rings. The van der Waals surface area contributed by atoms with E-state index in [-0.39, 0.29) is 24.4 Å². The predicted octanol–water partition coefficient (Wildman–Crippen LogP) is 4.29. The molecule has 0 unspecified atom stereocenters. The third-order valence-electron chi connectivity index (χ3n) is 7.74. The average molecular weight is 581 g/mol. The number of hydrogen-bond acceptors (Lipinski definition) is 6. The Morgan fingerprint density at radius 1 is 1.20 bits per heavy atom. The molecular weight excluding hydrogens is 545 g/mol. The highest BCUT2D eigenvalue weighted by atomic mass is 35.5. The summed E-state index contributed by atoms with van der Waals surface area (Å²) in [6.45, 7) is 8.09. The van der Waals surface area contributed by atoms with Gasteiger partial charge in [0.1, 0.15) is 11.9 Å². The predicted molar refractivity (Wildman–Crippen MR) is 151 cm³/mol. The first kappa shape index (κ1) is 30.1. The molecule has 3 heterocycles. The molecule has 8 nitrogen and oxygen atoms in total. The van der Waals surface area contributed by atoms with Crippen LogP contribution in [0.4, 0.5) is 30.4 Å². The summed E-state index contributed by atoms with van der Waals surface area (Å²) in [5.41, 5.74) is 0.421. The van der Waals surface area contributed by atoms with E-state index in [1.807, 2.05) is 11.9 Å². The zero-order valence-corrected chi connectivity index (χ0v) is 24.3. The topological polar surface area (TPSA) is 63.2 Å². The largest absolute Gasteiger partial charge is 0.416 e. The average Bonchev–Trinajstić information content (AvgIpc) is 3.27. The van der Waals surface area contributed by atoms with E-state index in [2.05, 4.69) is 28.8 Å². The number of para-hydroxylation sites is 1. The number of nitrogens with zero attached hydrogens (tertiary/aromatic N) is 6. The van der Waals surface area contributed by atoms with Gasteiger partial charge in [-0.25, -0.2) is 4.98 Å². The van der Waals surface area contributed by atoms with E-state index in [4.69, 9.17) is 11.6 Å². The van der Waals surface area contributed by atoms with E-state index in [1.54, 1.807) is 25.2 Å². The van der Waals surface area contributed by atoms with Gasteiger partial charge in [0.2, 0.25) is 11.8 Å². The number of benzene rings is 1. The van der Waals surface area contributed by atoms with Crippen molar-refractivity contribution in [2.75, 3.05) is 68.6 Å². The van der Waals surface area contributed by atoms with Crippen LogP contribution in [0.15, 0.2) is 30.3 Å². The molecule has 1 aromatic carbocycles. The van der Waals surface area contributed by atoms with Crippen molar-refractivity contribution in [2.45, 2.75) is 44.9 Å². The highest BCUT2D eigenvalue weighted by Gasteiger charge is 2.41. The fourth-order valence-electron chi connectivity index (χ4n) is 5.54. The van der Waals surface area contributed by atoms with Gasteiger partial charge in [-0.2, -0.15) is 13.2 Å². The Labute approximate surface area is 238 Å². The van der Waals surface area contributed by atoms with Gasteiger partial charge in [-0.1, -0.05) is 17.7 Å². The van der Waals surface area contributed by atoms with Crippen LogP contribution >= 0.6 is 11.6 Å². The summed E-state index contributed by atoms with van der Waals surface area (Å²) in [4.78, 5) is 40.1. The van der Waals surface area contributed by atoms with E-state index in [0.29, 0.717) is 29.0 Å². The highest BCUT2D eigenvalue weighted by Crippen LogP contribution is 2.38. The van der Waals surface area contributed by atoms with Crippen LogP contribution in [0.2, 0.25) is 5.02 Å². The summed E-state index contributed by atoms with van der Waals surface area (Å²) in [6, 6.07) is 6.46. The lowest BCUT2D eigenvalue weighted by Gasteiger charge is -2.39. The van der Waals surface area contributed by atoms with Crippen LogP contribution in [0.1, 0.15) is 31.0 Å². The van der Waals surface area contributed by atoms with Gasteiger partial charge in [0, 0.05) is 65.0 Å². The van der Waals surface area contributed by atoms with Crippen LogP contribution in [0, 0.1) is 6.92 Å². The van der Waals surface area contributed by atoms with Crippen molar-refractivity contribution in [2.24, 2.45) is 0 Å². The molecule has 2 saturated heterocycles. The number of anilines is 3. The molecule has 2 fully saturated rings. The van der Waals surface area contributed by atoms with Crippen molar-refractivity contribution in [3.63, 3.8) is 0 Å². The van der Waals surface area contributed by atoms with E-state index < -0.39 is 29.6 Å². The maximum absolute atomic E-state index is 13.8. The minimum absolute atomic E-state index is 0.0345. The molecule has 2 aliphatic rings. The summed E-state index contributed by atoms with van der Waals surface area (Å²) in [5.74, 6) is -1.04. The van der Waals surface area contributed by atoms with Crippen LogP contribution in [-0.2, 0) is 15.8 Å². The van der Waals surface area contributed by atoms with Gasteiger partial charge in [0.05, 0.1) is 22.0 Å². The number of aryl methyl sites for hydroxylation is 1. The zero-order chi connectivity index (χ0) is 29.4. The molecule has 4 rings (SSSR count). The third-order valence-corrected chi connectivity index (χ3v) is 8.05. The Kier molecular flexibility index (Phi) is 8.96. The Morgan fingerprint density at radius 2 is 1.93 bits per heavy atom. The molecule has 1 aromatic heterocycles. The standard InChI is InChI=1S/C28H36ClF3N6O2/c1-18-15-20(28(30,31)32)16-24(33-18)38-23(9-10-25(38)39)27(40)36(5)22-8-6-7-21(29)26(22)35(4)12-14-37-13-11-34(3)17-19(37)2/h6-8,15-16,19,23H,9-14,17H2,1-5H3/t19-,23-/m0/s1. The third kappa shape index (κ3) is 6.37. The van der Waals surface area contributed by atoms with E-state index in [9.17, 15) is 22.8 Å². The lowest BCUT2D eigenvalue weighted by atomic mass is 10.1. The van der Waals surface area contributed by atoms with Gasteiger partial charge in [-0.3, -0.25) is 19.4 Å².